The van der Waals surface area contributed by atoms with Crippen molar-refractivity contribution in [1.82, 2.24) is 16.0 Å². The van der Waals surface area contributed by atoms with Crippen molar-refractivity contribution in [3.8, 4) is 0 Å². The van der Waals surface area contributed by atoms with Crippen LogP contribution in [0.25, 0.3) is 0 Å². The first-order chi connectivity index (χ1) is 12.8. The molecule has 0 aliphatic rings. The minimum atomic E-state index is -1.17. The maximum absolute atomic E-state index is 12.7. The van der Waals surface area contributed by atoms with Crippen LogP contribution in [0, 0.1) is 17.8 Å². The Labute approximate surface area is 167 Å². The lowest BCUT2D eigenvalue weighted by atomic mass is 9.98. The van der Waals surface area contributed by atoms with Crippen LogP contribution in [-0.4, -0.2) is 53.5 Å². The molecule has 0 aliphatic heterocycles. The highest BCUT2D eigenvalue weighted by molar-refractivity contribution is 5.93. The Kier molecular flexibility index (Phi) is 11.4. The van der Waals surface area contributed by atoms with Crippen LogP contribution in [0.5, 0.6) is 0 Å². The number of aliphatic carboxylic acids is 1. The average Bonchev–Trinajstić information content (AvgIpc) is 2.54. The first-order valence-electron chi connectivity index (χ1n) is 9.70. The Morgan fingerprint density at radius 1 is 0.821 bits per heavy atom. The third-order valence-corrected chi connectivity index (χ3v) is 4.06. The first kappa shape index (κ1) is 25.8. The van der Waals surface area contributed by atoms with Crippen LogP contribution in [0.2, 0.25) is 0 Å². The summed E-state index contributed by atoms with van der Waals surface area (Å²) in [4.78, 5) is 48.0. The van der Waals surface area contributed by atoms with Gasteiger partial charge in [0, 0.05) is 0 Å². The Balaban J connectivity index is 5.15. The van der Waals surface area contributed by atoms with E-state index in [1.54, 1.807) is 13.8 Å². The molecule has 9 heteroatoms. The van der Waals surface area contributed by atoms with Gasteiger partial charge in [-0.15, -0.1) is 0 Å². The molecule has 162 valence electrons. The van der Waals surface area contributed by atoms with Gasteiger partial charge >= 0.3 is 5.97 Å². The number of carboxylic acids is 1. The van der Waals surface area contributed by atoms with Crippen molar-refractivity contribution in [2.75, 3.05) is 6.54 Å². The fourth-order valence-electron chi connectivity index (χ4n) is 2.66. The summed E-state index contributed by atoms with van der Waals surface area (Å²) in [5.41, 5.74) is 5.89. The molecule has 28 heavy (non-hydrogen) atoms. The number of hydrogen-bond donors (Lipinski definition) is 5. The molecule has 9 nitrogen and oxygen atoms in total. The van der Waals surface area contributed by atoms with Gasteiger partial charge in [-0.05, 0) is 30.6 Å². The van der Waals surface area contributed by atoms with Gasteiger partial charge in [0.1, 0.15) is 18.6 Å². The minimum absolute atomic E-state index is 0.0902. The number of nitrogens with one attached hydrogen (secondary N) is 3. The molecule has 0 radical (unpaired) electrons. The van der Waals surface area contributed by atoms with Gasteiger partial charge in [0.2, 0.25) is 17.7 Å². The fraction of sp³-hybridized carbons (Fsp3) is 0.789. The number of hydrogen-bond acceptors (Lipinski definition) is 5. The summed E-state index contributed by atoms with van der Waals surface area (Å²) in [6, 6.07) is -2.47. The standard InChI is InChI=1S/C19H36N4O5/c1-10(2)7-13(20)17(26)23-16(12(5)6)19(28)22-14(8-11(3)4)18(27)21-9-15(24)25/h10-14,16H,7-9,20H2,1-6H3,(H,21,27)(H,22,28)(H,23,26)(H,24,25). The first-order valence-corrected chi connectivity index (χ1v) is 9.70. The van der Waals surface area contributed by atoms with Crippen LogP contribution in [0.15, 0.2) is 0 Å². The van der Waals surface area contributed by atoms with E-state index in [2.05, 4.69) is 16.0 Å². The molecule has 0 bridgehead atoms. The summed E-state index contributed by atoms with van der Waals surface area (Å²) < 4.78 is 0. The number of carbonyl (C=O) groups is 4. The lowest BCUT2D eigenvalue weighted by molar-refractivity contribution is -0.138. The molecule has 3 unspecified atom stereocenters. The van der Waals surface area contributed by atoms with Crippen molar-refractivity contribution >= 4 is 23.7 Å². The Bertz CT molecular complexity index is 548. The zero-order valence-corrected chi connectivity index (χ0v) is 17.7. The van der Waals surface area contributed by atoms with Crippen LogP contribution in [0.3, 0.4) is 0 Å². The molecule has 0 fully saturated rings. The van der Waals surface area contributed by atoms with E-state index in [0.717, 1.165) is 0 Å². The van der Waals surface area contributed by atoms with Crippen LogP contribution in [-0.2, 0) is 19.2 Å². The highest BCUT2D eigenvalue weighted by Crippen LogP contribution is 2.09. The Morgan fingerprint density at radius 2 is 1.36 bits per heavy atom. The van der Waals surface area contributed by atoms with E-state index in [1.165, 1.54) is 0 Å². The van der Waals surface area contributed by atoms with Crippen molar-refractivity contribution in [1.29, 1.82) is 0 Å². The van der Waals surface area contributed by atoms with Gasteiger partial charge in [-0.1, -0.05) is 41.5 Å². The number of nitrogens with two attached hydrogens (primary N) is 1. The van der Waals surface area contributed by atoms with Crippen molar-refractivity contribution in [3.05, 3.63) is 0 Å². The van der Waals surface area contributed by atoms with Gasteiger partial charge < -0.3 is 26.8 Å². The van der Waals surface area contributed by atoms with E-state index >= 15 is 0 Å². The summed E-state index contributed by atoms with van der Waals surface area (Å²) in [5.74, 6) is -2.57. The van der Waals surface area contributed by atoms with Crippen LogP contribution in [0.4, 0.5) is 0 Å². The zero-order valence-electron chi connectivity index (χ0n) is 17.7. The smallest absolute Gasteiger partial charge is 0.322 e. The number of carboxylic acid groups (broad SMARTS) is 1. The molecule has 6 N–H and O–H groups in total. The van der Waals surface area contributed by atoms with Gasteiger partial charge in [-0.3, -0.25) is 19.2 Å². The predicted molar refractivity (Wildman–Crippen MR) is 106 cm³/mol. The monoisotopic (exact) mass is 400 g/mol. The maximum Gasteiger partial charge on any atom is 0.322 e. The second kappa shape index (κ2) is 12.3. The molecular weight excluding hydrogens is 364 g/mol. The molecule has 0 heterocycles. The molecule has 0 rings (SSSR count). The maximum atomic E-state index is 12.7. The quantitative estimate of drug-likeness (QED) is 0.316. The summed E-state index contributed by atoms with van der Waals surface area (Å²) in [5, 5.41) is 16.3. The van der Waals surface area contributed by atoms with Crippen molar-refractivity contribution in [3.63, 3.8) is 0 Å². The molecule has 0 spiro atoms. The second-order valence-corrected chi connectivity index (χ2v) is 8.27. The van der Waals surface area contributed by atoms with Gasteiger partial charge in [0.05, 0.1) is 6.04 Å². The molecule has 0 aromatic rings. The molecule has 0 aromatic heterocycles. The van der Waals surface area contributed by atoms with Gasteiger partial charge in [-0.25, -0.2) is 0 Å². The number of rotatable bonds is 12. The summed E-state index contributed by atoms with van der Waals surface area (Å²) in [6.07, 6.45) is 0.828. The van der Waals surface area contributed by atoms with Crippen molar-refractivity contribution in [2.24, 2.45) is 23.5 Å². The van der Waals surface area contributed by atoms with Crippen molar-refractivity contribution < 1.29 is 24.3 Å². The van der Waals surface area contributed by atoms with E-state index in [9.17, 15) is 19.2 Å². The van der Waals surface area contributed by atoms with E-state index in [-0.39, 0.29) is 17.8 Å². The van der Waals surface area contributed by atoms with E-state index < -0.39 is 48.4 Å². The van der Waals surface area contributed by atoms with Crippen LogP contribution >= 0.6 is 0 Å². The molecule has 3 atom stereocenters. The highest BCUT2D eigenvalue weighted by atomic mass is 16.4. The fourth-order valence-corrected chi connectivity index (χ4v) is 2.66. The topological polar surface area (TPSA) is 151 Å². The molecule has 0 aromatic carbocycles. The normalized spacial score (nSPS) is 14.5. The molecule has 0 aliphatic carbocycles. The summed E-state index contributed by atoms with van der Waals surface area (Å²) in [6.45, 7) is 10.7. The zero-order chi connectivity index (χ0) is 22.0. The number of carbonyl (C=O) groups excluding carboxylic acids is 3. The van der Waals surface area contributed by atoms with Gasteiger partial charge in [-0.2, -0.15) is 0 Å². The average molecular weight is 401 g/mol. The minimum Gasteiger partial charge on any atom is -0.480 e. The SMILES string of the molecule is CC(C)CC(N)C(=O)NC(C(=O)NC(CC(C)C)C(=O)NCC(=O)O)C(C)C. The lowest BCUT2D eigenvalue weighted by Crippen LogP contribution is -2.57. The van der Waals surface area contributed by atoms with Gasteiger partial charge in [0.15, 0.2) is 0 Å². The summed E-state index contributed by atoms with van der Waals surface area (Å²) in [7, 11) is 0. The molecule has 3 amide bonds. The Hall–Kier alpha value is -2.16. The largest absolute Gasteiger partial charge is 0.480 e. The molecular formula is C19H36N4O5. The second-order valence-electron chi connectivity index (χ2n) is 8.27. The van der Waals surface area contributed by atoms with E-state index in [1.807, 2.05) is 27.7 Å². The Morgan fingerprint density at radius 3 is 1.79 bits per heavy atom. The van der Waals surface area contributed by atoms with Crippen LogP contribution in [0.1, 0.15) is 54.4 Å². The predicted octanol–water partition coefficient (Wildman–Crippen LogP) is 0.232. The van der Waals surface area contributed by atoms with E-state index in [4.69, 9.17) is 10.8 Å². The lowest BCUT2D eigenvalue weighted by Gasteiger charge is -2.27. The third kappa shape index (κ3) is 10.2. The molecule has 0 saturated carbocycles. The van der Waals surface area contributed by atoms with Crippen LogP contribution < -0.4 is 21.7 Å². The third-order valence-electron chi connectivity index (χ3n) is 4.06. The van der Waals surface area contributed by atoms with Crippen molar-refractivity contribution in [2.45, 2.75) is 72.5 Å². The highest BCUT2D eigenvalue weighted by Gasteiger charge is 2.30. The van der Waals surface area contributed by atoms with Gasteiger partial charge in [0.25, 0.3) is 0 Å². The number of amides is 3. The summed E-state index contributed by atoms with van der Waals surface area (Å²) >= 11 is 0. The molecule has 0 saturated heterocycles. The van der Waals surface area contributed by atoms with E-state index in [0.29, 0.717) is 12.8 Å².